The van der Waals surface area contributed by atoms with Crippen LogP contribution in [0.25, 0.3) is 6.08 Å². The molecule has 1 saturated heterocycles. The largest absolute Gasteiger partial charge is 0.486 e. The molecular formula is C18H18ClN3O3S. The zero-order chi connectivity index (χ0) is 17.9. The molecule has 1 fully saturated rings. The number of amides is 1. The van der Waals surface area contributed by atoms with Gasteiger partial charge in [-0.25, -0.2) is 4.98 Å². The highest BCUT2D eigenvalue weighted by Gasteiger charge is 2.21. The first-order chi connectivity index (χ1) is 12.7. The van der Waals surface area contributed by atoms with Gasteiger partial charge in [0, 0.05) is 43.8 Å². The quantitative estimate of drug-likeness (QED) is 0.753. The molecule has 8 heteroatoms. The van der Waals surface area contributed by atoms with Crippen LogP contribution in [0.4, 0.5) is 5.13 Å². The number of benzene rings is 1. The second-order valence-electron chi connectivity index (χ2n) is 5.99. The summed E-state index contributed by atoms with van der Waals surface area (Å²) in [5.74, 6) is 1.18. The van der Waals surface area contributed by atoms with Gasteiger partial charge in [0.25, 0.3) is 0 Å². The van der Waals surface area contributed by atoms with Gasteiger partial charge >= 0.3 is 0 Å². The van der Waals surface area contributed by atoms with Gasteiger partial charge in [0.2, 0.25) is 5.91 Å². The summed E-state index contributed by atoms with van der Waals surface area (Å²) in [7, 11) is 0. The zero-order valence-corrected chi connectivity index (χ0v) is 15.6. The number of nitrogens with zero attached hydrogens (tertiary/aromatic N) is 3. The van der Waals surface area contributed by atoms with E-state index in [0.29, 0.717) is 42.8 Å². The van der Waals surface area contributed by atoms with Crippen molar-refractivity contribution >= 4 is 40.1 Å². The number of carbonyl (C=O) groups excluding carboxylic acids is 1. The van der Waals surface area contributed by atoms with Crippen LogP contribution in [0.1, 0.15) is 5.56 Å². The lowest BCUT2D eigenvalue weighted by Gasteiger charge is -2.34. The third-order valence-corrected chi connectivity index (χ3v) is 5.43. The second kappa shape index (κ2) is 7.55. The monoisotopic (exact) mass is 391 g/mol. The van der Waals surface area contributed by atoms with Crippen molar-refractivity contribution in [3.63, 3.8) is 0 Å². The number of thiazole rings is 1. The molecule has 0 aliphatic carbocycles. The molecule has 6 nitrogen and oxygen atoms in total. The Morgan fingerprint density at radius 2 is 2.00 bits per heavy atom. The molecule has 2 aliphatic heterocycles. The maximum absolute atomic E-state index is 12.5. The van der Waals surface area contributed by atoms with Crippen LogP contribution < -0.4 is 14.4 Å². The van der Waals surface area contributed by atoms with Gasteiger partial charge in [-0.3, -0.25) is 4.79 Å². The highest BCUT2D eigenvalue weighted by atomic mass is 35.5. The van der Waals surface area contributed by atoms with Crippen molar-refractivity contribution < 1.29 is 14.3 Å². The fourth-order valence-corrected chi connectivity index (χ4v) is 3.96. The molecule has 0 N–H and O–H groups in total. The molecule has 26 heavy (non-hydrogen) atoms. The fraction of sp³-hybridized carbons (Fsp3) is 0.333. The van der Waals surface area contributed by atoms with Crippen molar-refractivity contribution in [2.45, 2.75) is 0 Å². The van der Waals surface area contributed by atoms with E-state index >= 15 is 0 Å². The number of piperazine rings is 1. The van der Waals surface area contributed by atoms with E-state index in [1.807, 2.05) is 16.3 Å². The van der Waals surface area contributed by atoms with E-state index in [1.54, 1.807) is 35.8 Å². The highest BCUT2D eigenvalue weighted by molar-refractivity contribution is 7.13. The normalized spacial score (nSPS) is 17.0. The van der Waals surface area contributed by atoms with Gasteiger partial charge in [-0.2, -0.15) is 0 Å². The Balaban J connectivity index is 1.38. The third kappa shape index (κ3) is 3.64. The Morgan fingerprint density at radius 1 is 1.19 bits per heavy atom. The summed E-state index contributed by atoms with van der Waals surface area (Å²) >= 11 is 7.85. The summed E-state index contributed by atoms with van der Waals surface area (Å²) in [5.41, 5.74) is 0.814. The highest BCUT2D eigenvalue weighted by Crippen LogP contribution is 2.38. The lowest BCUT2D eigenvalue weighted by Crippen LogP contribution is -2.48. The summed E-state index contributed by atoms with van der Waals surface area (Å²) in [6.45, 7) is 3.95. The van der Waals surface area contributed by atoms with E-state index in [-0.39, 0.29) is 5.91 Å². The van der Waals surface area contributed by atoms with Crippen LogP contribution in [0, 0.1) is 0 Å². The molecule has 0 radical (unpaired) electrons. The molecule has 1 aromatic carbocycles. The van der Waals surface area contributed by atoms with E-state index in [9.17, 15) is 4.79 Å². The predicted molar refractivity (Wildman–Crippen MR) is 102 cm³/mol. The summed E-state index contributed by atoms with van der Waals surface area (Å²) in [5, 5.41) is 3.47. The minimum atomic E-state index is -0.00481. The fourth-order valence-electron chi connectivity index (χ4n) is 2.99. The Morgan fingerprint density at radius 3 is 2.77 bits per heavy atom. The topological polar surface area (TPSA) is 54.9 Å². The van der Waals surface area contributed by atoms with Crippen LogP contribution in [-0.2, 0) is 4.79 Å². The van der Waals surface area contributed by atoms with E-state index in [4.69, 9.17) is 21.1 Å². The van der Waals surface area contributed by atoms with Gasteiger partial charge in [0.05, 0.1) is 5.02 Å². The molecule has 0 bridgehead atoms. The lowest BCUT2D eigenvalue weighted by atomic mass is 10.1. The van der Waals surface area contributed by atoms with Crippen molar-refractivity contribution in [2.24, 2.45) is 0 Å². The van der Waals surface area contributed by atoms with E-state index in [0.717, 1.165) is 23.8 Å². The Kier molecular flexibility index (Phi) is 4.99. The van der Waals surface area contributed by atoms with Crippen molar-refractivity contribution in [1.29, 1.82) is 0 Å². The standard InChI is InChI=1S/C18H18ClN3O3S/c19-14-11-13(12-15-17(14)25-9-8-24-15)1-2-16(23)21-4-6-22(7-5-21)18-20-3-10-26-18/h1-3,10-12H,4-9H2. The first kappa shape index (κ1) is 17.2. The van der Waals surface area contributed by atoms with Gasteiger partial charge in [-0.15, -0.1) is 11.3 Å². The average Bonchev–Trinajstić information content (AvgIpc) is 3.21. The number of aromatic nitrogens is 1. The Hall–Kier alpha value is -2.25. The number of hydrogen-bond acceptors (Lipinski definition) is 6. The predicted octanol–water partition coefficient (Wildman–Crippen LogP) is 2.93. The molecule has 1 amide bonds. The molecule has 3 heterocycles. The molecule has 4 rings (SSSR count). The van der Waals surface area contributed by atoms with Gasteiger partial charge < -0.3 is 19.3 Å². The number of halogens is 1. The molecule has 2 aromatic rings. The van der Waals surface area contributed by atoms with Crippen LogP contribution in [0.2, 0.25) is 5.02 Å². The van der Waals surface area contributed by atoms with Gasteiger partial charge in [0.1, 0.15) is 13.2 Å². The van der Waals surface area contributed by atoms with Gasteiger partial charge in [-0.05, 0) is 23.8 Å². The van der Waals surface area contributed by atoms with Gasteiger partial charge in [0.15, 0.2) is 16.6 Å². The minimum absolute atomic E-state index is 0.00481. The Labute approximate surface area is 160 Å². The zero-order valence-electron chi connectivity index (χ0n) is 14.1. The maximum atomic E-state index is 12.5. The van der Waals surface area contributed by atoms with Crippen molar-refractivity contribution in [2.75, 3.05) is 44.3 Å². The first-order valence-electron chi connectivity index (χ1n) is 8.41. The smallest absolute Gasteiger partial charge is 0.246 e. The van der Waals surface area contributed by atoms with Crippen LogP contribution in [0.3, 0.4) is 0 Å². The van der Waals surface area contributed by atoms with Crippen molar-refractivity contribution in [1.82, 2.24) is 9.88 Å². The molecule has 136 valence electrons. The summed E-state index contributed by atoms with van der Waals surface area (Å²) < 4.78 is 11.1. The number of carbonyl (C=O) groups is 1. The molecule has 0 atom stereocenters. The second-order valence-corrected chi connectivity index (χ2v) is 7.27. The molecule has 0 unspecified atom stereocenters. The molecular weight excluding hydrogens is 374 g/mol. The molecule has 0 spiro atoms. The van der Waals surface area contributed by atoms with E-state index in [1.165, 1.54) is 0 Å². The number of anilines is 1. The van der Waals surface area contributed by atoms with E-state index in [2.05, 4.69) is 9.88 Å². The molecule has 2 aliphatic rings. The van der Waals surface area contributed by atoms with Crippen LogP contribution >= 0.6 is 22.9 Å². The average molecular weight is 392 g/mol. The Bertz CT molecular complexity index is 817. The number of fused-ring (bicyclic) bond motifs is 1. The minimum Gasteiger partial charge on any atom is -0.486 e. The third-order valence-electron chi connectivity index (χ3n) is 4.32. The SMILES string of the molecule is O=C(C=Cc1cc(Cl)c2c(c1)OCCO2)N1CCN(c2nccs2)CC1. The van der Waals surface area contributed by atoms with Crippen molar-refractivity contribution in [3.8, 4) is 11.5 Å². The first-order valence-corrected chi connectivity index (χ1v) is 9.67. The summed E-state index contributed by atoms with van der Waals surface area (Å²) in [4.78, 5) is 20.8. The summed E-state index contributed by atoms with van der Waals surface area (Å²) in [6.07, 6.45) is 5.15. The van der Waals surface area contributed by atoms with Crippen molar-refractivity contribution in [3.05, 3.63) is 40.4 Å². The number of rotatable bonds is 3. The van der Waals surface area contributed by atoms with Crippen LogP contribution in [0.5, 0.6) is 11.5 Å². The van der Waals surface area contributed by atoms with Gasteiger partial charge in [-0.1, -0.05) is 11.6 Å². The number of hydrogen-bond donors (Lipinski definition) is 0. The maximum Gasteiger partial charge on any atom is 0.246 e. The van der Waals surface area contributed by atoms with Crippen LogP contribution in [-0.4, -0.2) is 55.2 Å². The molecule has 1 aromatic heterocycles. The molecule has 0 saturated carbocycles. The lowest BCUT2D eigenvalue weighted by molar-refractivity contribution is -0.126. The number of ether oxygens (including phenoxy) is 2. The van der Waals surface area contributed by atoms with Crippen LogP contribution in [0.15, 0.2) is 29.8 Å². The summed E-state index contributed by atoms with van der Waals surface area (Å²) in [6, 6.07) is 3.61. The van der Waals surface area contributed by atoms with E-state index < -0.39 is 0 Å².